The van der Waals surface area contributed by atoms with Gasteiger partial charge < -0.3 is 24.5 Å². The summed E-state index contributed by atoms with van der Waals surface area (Å²) in [7, 11) is 1.67. The molecule has 22 heavy (non-hydrogen) atoms. The lowest BCUT2D eigenvalue weighted by Crippen LogP contribution is -2.43. The summed E-state index contributed by atoms with van der Waals surface area (Å²) in [4.78, 5) is 25.2. The van der Waals surface area contributed by atoms with Crippen molar-refractivity contribution in [3.63, 3.8) is 0 Å². The Morgan fingerprint density at radius 2 is 2.32 bits per heavy atom. The first-order valence-electron chi connectivity index (χ1n) is 7.41. The summed E-state index contributed by atoms with van der Waals surface area (Å²) < 4.78 is 10.2. The molecule has 1 fully saturated rings. The van der Waals surface area contributed by atoms with Crippen LogP contribution < -0.4 is 5.32 Å². The van der Waals surface area contributed by atoms with E-state index < -0.39 is 5.97 Å². The van der Waals surface area contributed by atoms with E-state index in [0.29, 0.717) is 12.4 Å². The molecule has 1 saturated heterocycles. The lowest BCUT2D eigenvalue weighted by molar-refractivity contribution is -0.127. The first-order valence-corrected chi connectivity index (χ1v) is 7.41. The maximum atomic E-state index is 12.2. The SMILES string of the molecule is COCCN1CCC[C@H](C(=O)NCc2ccc(C(=O)O)o2)C1. The Bertz CT molecular complexity index is 514. The number of amides is 1. The van der Waals surface area contributed by atoms with Crippen molar-refractivity contribution in [1.82, 2.24) is 10.2 Å². The Morgan fingerprint density at radius 3 is 3.00 bits per heavy atom. The van der Waals surface area contributed by atoms with E-state index in [1.165, 1.54) is 6.07 Å². The fourth-order valence-corrected chi connectivity index (χ4v) is 2.60. The molecule has 1 amide bonds. The standard InChI is InChI=1S/C15H22N2O5/c1-21-8-7-17-6-2-3-11(10-17)14(18)16-9-12-4-5-13(22-12)15(19)20/h4-5,11H,2-3,6-10H2,1H3,(H,16,18)(H,19,20)/t11-/m0/s1. The van der Waals surface area contributed by atoms with Crippen LogP contribution in [-0.2, 0) is 16.1 Å². The van der Waals surface area contributed by atoms with Crippen LogP contribution in [0.25, 0.3) is 0 Å². The smallest absolute Gasteiger partial charge is 0.371 e. The Labute approximate surface area is 129 Å². The molecule has 7 nitrogen and oxygen atoms in total. The molecule has 2 rings (SSSR count). The van der Waals surface area contributed by atoms with Crippen LogP contribution in [0.4, 0.5) is 0 Å². The van der Waals surface area contributed by atoms with Crippen LogP contribution in [0.15, 0.2) is 16.5 Å². The third kappa shape index (κ3) is 4.57. The zero-order valence-corrected chi connectivity index (χ0v) is 12.7. The number of carboxylic acid groups (broad SMARTS) is 1. The van der Waals surface area contributed by atoms with Crippen molar-refractivity contribution in [3.8, 4) is 0 Å². The number of nitrogens with zero attached hydrogens (tertiary/aromatic N) is 1. The van der Waals surface area contributed by atoms with E-state index in [-0.39, 0.29) is 24.1 Å². The monoisotopic (exact) mass is 310 g/mol. The highest BCUT2D eigenvalue weighted by Crippen LogP contribution is 2.17. The van der Waals surface area contributed by atoms with Gasteiger partial charge in [-0.05, 0) is 31.5 Å². The number of carboxylic acids is 1. The van der Waals surface area contributed by atoms with Crippen molar-refractivity contribution < 1.29 is 23.8 Å². The van der Waals surface area contributed by atoms with E-state index in [4.69, 9.17) is 14.3 Å². The minimum absolute atomic E-state index is 0.0182. The quantitative estimate of drug-likeness (QED) is 0.779. The van der Waals surface area contributed by atoms with E-state index in [1.54, 1.807) is 13.2 Å². The van der Waals surface area contributed by atoms with Gasteiger partial charge in [0.1, 0.15) is 5.76 Å². The van der Waals surface area contributed by atoms with Gasteiger partial charge >= 0.3 is 5.97 Å². The number of carbonyl (C=O) groups excluding carboxylic acids is 1. The van der Waals surface area contributed by atoms with Crippen molar-refractivity contribution in [2.24, 2.45) is 5.92 Å². The summed E-state index contributed by atoms with van der Waals surface area (Å²) in [6.45, 7) is 3.43. The highest BCUT2D eigenvalue weighted by molar-refractivity contribution is 5.84. The highest BCUT2D eigenvalue weighted by Gasteiger charge is 2.25. The number of hydrogen-bond acceptors (Lipinski definition) is 5. The van der Waals surface area contributed by atoms with Gasteiger partial charge in [0.25, 0.3) is 0 Å². The van der Waals surface area contributed by atoms with E-state index in [0.717, 1.165) is 32.5 Å². The molecule has 0 aliphatic carbocycles. The van der Waals surface area contributed by atoms with Gasteiger partial charge in [-0.25, -0.2) is 4.79 Å². The molecule has 0 radical (unpaired) electrons. The van der Waals surface area contributed by atoms with Gasteiger partial charge in [0, 0.05) is 20.2 Å². The van der Waals surface area contributed by atoms with Crippen molar-refractivity contribution in [3.05, 3.63) is 23.7 Å². The van der Waals surface area contributed by atoms with Crippen LogP contribution in [0.5, 0.6) is 0 Å². The molecule has 0 aromatic carbocycles. The van der Waals surface area contributed by atoms with E-state index in [1.807, 2.05) is 0 Å². The molecule has 1 aliphatic rings. The van der Waals surface area contributed by atoms with E-state index in [2.05, 4.69) is 10.2 Å². The molecule has 0 unspecified atom stereocenters. The Kier molecular flexibility index (Phi) is 5.97. The third-order valence-electron chi connectivity index (χ3n) is 3.80. The average molecular weight is 310 g/mol. The molecule has 1 aliphatic heterocycles. The lowest BCUT2D eigenvalue weighted by atomic mass is 9.97. The van der Waals surface area contributed by atoms with Crippen LogP contribution in [0.1, 0.15) is 29.2 Å². The zero-order chi connectivity index (χ0) is 15.9. The normalized spacial score (nSPS) is 19.0. The second kappa shape index (κ2) is 7.95. The van der Waals surface area contributed by atoms with E-state index >= 15 is 0 Å². The van der Waals surface area contributed by atoms with Crippen LogP contribution in [0.3, 0.4) is 0 Å². The molecule has 0 saturated carbocycles. The van der Waals surface area contributed by atoms with E-state index in [9.17, 15) is 9.59 Å². The predicted molar refractivity (Wildman–Crippen MR) is 78.6 cm³/mol. The number of ether oxygens (including phenoxy) is 1. The number of rotatable bonds is 7. The first-order chi connectivity index (χ1) is 10.6. The van der Waals surface area contributed by atoms with Gasteiger partial charge in [-0.2, -0.15) is 0 Å². The van der Waals surface area contributed by atoms with Crippen LogP contribution in [-0.4, -0.2) is 55.2 Å². The maximum Gasteiger partial charge on any atom is 0.371 e. The van der Waals surface area contributed by atoms with Crippen molar-refractivity contribution >= 4 is 11.9 Å². The second-order valence-electron chi connectivity index (χ2n) is 5.42. The fourth-order valence-electron chi connectivity index (χ4n) is 2.60. The number of likely N-dealkylation sites (tertiary alicyclic amines) is 1. The van der Waals surface area contributed by atoms with Gasteiger partial charge in [-0.1, -0.05) is 0 Å². The molecule has 1 aromatic heterocycles. The molecular weight excluding hydrogens is 288 g/mol. The molecule has 1 atom stereocenters. The molecule has 1 aromatic rings. The molecule has 122 valence electrons. The van der Waals surface area contributed by atoms with Gasteiger partial charge in [-0.3, -0.25) is 4.79 Å². The number of piperidine rings is 1. The summed E-state index contributed by atoms with van der Waals surface area (Å²) in [5.74, 6) is -0.848. The van der Waals surface area contributed by atoms with Gasteiger partial charge in [0.15, 0.2) is 0 Å². The van der Waals surface area contributed by atoms with Crippen molar-refractivity contribution in [2.75, 3.05) is 33.4 Å². The third-order valence-corrected chi connectivity index (χ3v) is 3.80. The van der Waals surface area contributed by atoms with Gasteiger partial charge in [-0.15, -0.1) is 0 Å². The van der Waals surface area contributed by atoms with Gasteiger partial charge in [0.2, 0.25) is 11.7 Å². The average Bonchev–Trinajstić information content (AvgIpc) is 3.00. The lowest BCUT2D eigenvalue weighted by Gasteiger charge is -2.31. The highest BCUT2D eigenvalue weighted by atomic mass is 16.5. The topological polar surface area (TPSA) is 92.0 Å². The van der Waals surface area contributed by atoms with Crippen LogP contribution in [0.2, 0.25) is 0 Å². The molecule has 2 heterocycles. The first kappa shape index (κ1) is 16.5. The molecule has 7 heteroatoms. The summed E-state index contributed by atoms with van der Waals surface area (Å²) in [5, 5.41) is 11.6. The number of aromatic carboxylic acids is 1. The van der Waals surface area contributed by atoms with Crippen LogP contribution in [0, 0.1) is 5.92 Å². The number of methoxy groups -OCH3 is 1. The fraction of sp³-hybridized carbons (Fsp3) is 0.600. The number of carbonyl (C=O) groups is 2. The molecule has 2 N–H and O–H groups in total. The minimum Gasteiger partial charge on any atom is -0.475 e. The van der Waals surface area contributed by atoms with Crippen molar-refractivity contribution in [1.29, 1.82) is 0 Å². The predicted octanol–water partition coefficient (Wildman–Crippen LogP) is 0.952. The largest absolute Gasteiger partial charge is 0.475 e. The number of nitrogens with one attached hydrogen (secondary N) is 1. The molecule has 0 spiro atoms. The minimum atomic E-state index is -1.11. The Morgan fingerprint density at radius 1 is 1.50 bits per heavy atom. The molecule has 0 bridgehead atoms. The summed E-state index contributed by atoms with van der Waals surface area (Å²) in [5.41, 5.74) is 0. The summed E-state index contributed by atoms with van der Waals surface area (Å²) in [6.07, 6.45) is 1.86. The number of furan rings is 1. The zero-order valence-electron chi connectivity index (χ0n) is 12.7. The summed E-state index contributed by atoms with van der Waals surface area (Å²) in [6, 6.07) is 2.95. The molecular formula is C15H22N2O5. The second-order valence-corrected chi connectivity index (χ2v) is 5.42. The van der Waals surface area contributed by atoms with Crippen molar-refractivity contribution in [2.45, 2.75) is 19.4 Å². The Balaban J connectivity index is 1.79. The Hall–Kier alpha value is -1.86. The van der Waals surface area contributed by atoms with Crippen LogP contribution >= 0.6 is 0 Å². The number of hydrogen-bond donors (Lipinski definition) is 2. The maximum absolute atomic E-state index is 12.2. The summed E-state index contributed by atoms with van der Waals surface area (Å²) >= 11 is 0. The van der Waals surface area contributed by atoms with Gasteiger partial charge in [0.05, 0.1) is 19.1 Å².